The van der Waals surface area contributed by atoms with Gasteiger partial charge in [-0.25, -0.2) is 4.39 Å². The maximum Gasteiger partial charge on any atom is 0.233 e. The van der Waals surface area contributed by atoms with Crippen molar-refractivity contribution in [2.75, 3.05) is 13.1 Å². The Balaban J connectivity index is 1.74. The lowest BCUT2D eigenvalue weighted by Gasteiger charge is -2.45. The van der Waals surface area contributed by atoms with Gasteiger partial charge in [0, 0.05) is 13.1 Å². The number of nitrogens with zero attached hydrogens (tertiary/aromatic N) is 1. The summed E-state index contributed by atoms with van der Waals surface area (Å²) in [5.41, 5.74) is 0.508. The maximum atomic E-state index is 13.2. The van der Waals surface area contributed by atoms with Gasteiger partial charge in [-0.2, -0.15) is 0 Å². The Morgan fingerprint density at radius 3 is 2.32 bits per heavy atom. The molecular formula is C18H24FNO2. The molecule has 22 heavy (non-hydrogen) atoms. The van der Waals surface area contributed by atoms with E-state index in [1.165, 1.54) is 12.1 Å². The van der Waals surface area contributed by atoms with Crippen molar-refractivity contribution in [1.29, 1.82) is 0 Å². The first-order valence-corrected chi connectivity index (χ1v) is 8.26. The van der Waals surface area contributed by atoms with Crippen LogP contribution in [-0.2, 0) is 10.2 Å². The van der Waals surface area contributed by atoms with Crippen LogP contribution in [0, 0.1) is 11.7 Å². The van der Waals surface area contributed by atoms with Crippen LogP contribution in [0.4, 0.5) is 4.39 Å². The van der Waals surface area contributed by atoms with Gasteiger partial charge in [0.05, 0.1) is 11.5 Å². The summed E-state index contributed by atoms with van der Waals surface area (Å²) in [6, 6.07) is 6.41. The number of carbonyl (C=O) groups excluding carboxylic acids is 1. The topological polar surface area (TPSA) is 40.5 Å². The highest BCUT2D eigenvalue weighted by molar-refractivity contribution is 5.89. The molecule has 0 bridgehead atoms. The second-order valence-corrected chi connectivity index (χ2v) is 6.81. The van der Waals surface area contributed by atoms with E-state index in [0.29, 0.717) is 5.92 Å². The Morgan fingerprint density at radius 1 is 1.27 bits per heavy atom. The van der Waals surface area contributed by atoms with Crippen molar-refractivity contribution in [2.24, 2.45) is 5.92 Å². The molecule has 1 aliphatic carbocycles. The molecule has 1 aliphatic heterocycles. The SMILES string of the molecule is CC(O)C1CCN(C(=O)C2(c3ccc(F)cc3)CCC2)CC1. The monoisotopic (exact) mass is 305 g/mol. The van der Waals surface area contributed by atoms with Gasteiger partial charge in [-0.3, -0.25) is 4.79 Å². The van der Waals surface area contributed by atoms with Crippen LogP contribution in [0.5, 0.6) is 0 Å². The van der Waals surface area contributed by atoms with Gasteiger partial charge in [-0.05, 0) is 56.2 Å². The lowest BCUT2D eigenvalue weighted by Crippen LogP contribution is -2.53. The van der Waals surface area contributed by atoms with E-state index in [1.54, 1.807) is 12.1 Å². The molecule has 3 nitrogen and oxygen atoms in total. The molecule has 4 heteroatoms. The predicted octanol–water partition coefficient (Wildman–Crippen LogP) is 2.87. The number of benzene rings is 1. The first-order chi connectivity index (χ1) is 10.5. The van der Waals surface area contributed by atoms with E-state index >= 15 is 0 Å². The molecule has 1 amide bonds. The smallest absolute Gasteiger partial charge is 0.233 e. The van der Waals surface area contributed by atoms with Gasteiger partial charge >= 0.3 is 0 Å². The minimum atomic E-state index is -0.439. The molecule has 1 saturated carbocycles. The Bertz CT molecular complexity index is 529. The van der Waals surface area contributed by atoms with Crippen molar-refractivity contribution in [3.63, 3.8) is 0 Å². The van der Waals surface area contributed by atoms with Gasteiger partial charge in [0.1, 0.15) is 5.82 Å². The van der Waals surface area contributed by atoms with Gasteiger partial charge in [0.15, 0.2) is 0 Å². The number of aliphatic hydroxyl groups is 1. The Kier molecular flexibility index (Phi) is 4.22. The molecular weight excluding hydrogens is 281 g/mol. The lowest BCUT2D eigenvalue weighted by atomic mass is 9.63. The minimum absolute atomic E-state index is 0.189. The molecule has 1 saturated heterocycles. The Morgan fingerprint density at radius 2 is 1.86 bits per heavy atom. The van der Waals surface area contributed by atoms with Crippen LogP contribution in [0.2, 0.25) is 0 Å². The minimum Gasteiger partial charge on any atom is -0.393 e. The van der Waals surface area contributed by atoms with Crippen molar-refractivity contribution in [2.45, 2.75) is 50.5 Å². The molecule has 0 spiro atoms. The molecule has 1 aromatic rings. The van der Waals surface area contributed by atoms with Crippen LogP contribution in [0.3, 0.4) is 0 Å². The molecule has 1 unspecified atom stereocenters. The number of hydrogen-bond acceptors (Lipinski definition) is 2. The third kappa shape index (κ3) is 2.65. The van der Waals surface area contributed by atoms with Crippen molar-refractivity contribution in [1.82, 2.24) is 4.90 Å². The highest BCUT2D eigenvalue weighted by Gasteiger charge is 2.48. The normalized spacial score (nSPS) is 23.0. The molecule has 0 aromatic heterocycles. The van der Waals surface area contributed by atoms with Gasteiger partial charge in [-0.15, -0.1) is 0 Å². The zero-order valence-electron chi connectivity index (χ0n) is 13.1. The fourth-order valence-electron chi connectivity index (χ4n) is 3.81. The number of amides is 1. The second-order valence-electron chi connectivity index (χ2n) is 6.81. The first-order valence-electron chi connectivity index (χ1n) is 8.26. The average Bonchev–Trinajstić information content (AvgIpc) is 2.48. The number of aliphatic hydroxyl groups excluding tert-OH is 1. The van der Waals surface area contributed by atoms with Crippen LogP contribution in [0.1, 0.15) is 44.6 Å². The molecule has 1 aromatic carbocycles. The zero-order chi connectivity index (χ0) is 15.7. The summed E-state index contributed by atoms with van der Waals surface area (Å²) in [5.74, 6) is 0.227. The van der Waals surface area contributed by atoms with E-state index in [-0.39, 0.29) is 17.8 Å². The Labute approximate surface area is 131 Å². The standard InChI is InChI=1S/C18H24FNO2/c1-13(21)14-7-11-20(12-8-14)17(22)18(9-2-10-18)15-3-5-16(19)6-4-15/h3-6,13-14,21H,2,7-12H2,1H3. The number of carbonyl (C=O) groups is 1. The molecule has 120 valence electrons. The van der Waals surface area contributed by atoms with Crippen molar-refractivity contribution in [3.05, 3.63) is 35.6 Å². The molecule has 2 aliphatic rings. The summed E-state index contributed by atoms with van der Waals surface area (Å²) in [6.07, 6.45) is 4.19. The summed E-state index contributed by atoms with van der Waals surface area (Å²) in [5, 5.41) is 9.68. The van der Waals surface area contributed by atoms with E-state index in [4.69, 9.17) is 0 Å². The molecule has 2 fully saturated rings. The van der Waals surface area contributed by atoms with Crippen molar-refractivity contribution < 1.29 is 14.3 Å². The molecule has 1 heterocycles. The van der Waals surface area contributed by atoms with E-state index in [0.717, 1.165) is 50.8 Å². The van der Waals surface area contributed by atoms with E-state index in [1.807, 2.05) is 11.8 Å². The molecule has 0 radical (unpaired) electrons. The van der Waals surface area contributed by atoms with Gasteiger partial charge < -0.3 is 10.0 Å². The van der Waals surface area contributed by atoms with Crippen LogP contribution in [-0.4, -0.2) is 35.1 Å². The van der Waals surface area contributed by atoms with E-state index in [9.17, 15) is 14.3 Å². The summed E-state index contributed by atoms with van der Waals surface area (Å²) >= 11 is 0. The van der Waals surface area contributed by atoms with Crippen LogP contribution >= 0.6 is 0 Å². The van der Waals surface area contributed by atoms with Crippen molar-refractivity contribution in [3.8, 4) is 0 Å². The summed E-state index contributed by atoms with van der Waals surface area (Å²) in [4.78, 5) is 15.0. The fraction of sp³-hybridized carbons (Fsp3) is 0.611. The predicted molar refractivity (Wildman–Crippen MR) is 82.9 cm³/mol. The maximum absolute atomic E-state index is 13.2. The van der Waals surface area contributed by atoms with Gasteiger partial charge in [0.2, 0.25) is 5.91 Å². The van der Waals surface area contributed by atoms with Crippen LogP contribution < -0.4 is 0 Å². The zero-order valence-corrected chi connectivity index (χ0v) is 13.1. The summed E-state index contributed by atoms with van der Waals surface area (Å²) < 4.78 is 13.2. The van der Waals surface area contributed by atoms with Gasteiger partial charge in [-0.1, -0.05) is 18.6 Å². The van der Waals surface area contributed by atoms with Gasteiger partial charge in [0.25, 0.3) is 0 Å². The molecule has 1 atom stereocenters. The molecule has 1 N–H and O–H groups in total. The number of hydrogen-bond donors (Lipinski definition) is 1. The van der Waals surface area contributed by atoms with Crippen LogP contribution in [0.25, 0.3) is 0 Å². The Hall–Kier alpha value is -1.42. The number of likely N-dealkylation sites (tertiary alicyclic amines) is 1. The first kappa shape index (κ1) is 15.5. The third-order valence-corrected chi connectivity index (χ3v) is 5.52. The summed E-state index contributed by atoms with van der Waals surface area (Å²) in [6.45, 7) is 3.27. The lowest BCUT2D eigenvalue weighted by molar-refractivity contribution is -0.143. The quantitative estimate of drug-likeness (QED) is 0.933. The fourth-order valence-corrected chi connectivity index (χ4v) is 3.81. The number of rotatable bonds is 3. The van der Waals surface area contributed by atoms with Crippen LogP contribution in [0.15, 0.2) is 24.3 Å². The largest absolute Gasteiger partial charge is 0.393 e. The van der Waals surface area contributed by atoms with E-state index < -0.39 is 5.41 Å². The van der Waals surface area contributed by atoms with Crippen molar-refractivity contribution >= 4 is 5.91 Å². The average molecular weight is 305 g/mol. The van der Waals surface area contributed by atoms with E-state index in [2.05, 4.69) is 0 Å². The number of halogens is 1. The number of piperidine rings is 1. The highest BCUT2D eigenvalue weighted by atomic mass is 19.1. The summed E-state index contributed by atoms with van der Waals surface area (Å²) in [7, 11) is 0. The third-order valence-electron chi connectivity index (χ3n) is 5.52. The molecule has 3 rings (SSSR count). The highest BCUT2D eigenvalue weighted by Crippen LogP contribution is 2.45. The second kappa shape index (κ2) is 5.99.